The van der Waals surface area contributed by atoms with Crippen molar-refractivity contribution >= 4 is 65.2 Å². The van der Waals surface area contributed by atoms with Gasteiger partial charge in [-0.15, -0.1) is 0 Å². The average molecular weight is 811 g/mol. The lowest BCUT2D eigenvalue weighted by Gasteiger charge is -2.18. The molecule has 2 heteroatoms. The van der Waals surface area contributed by atoms with Crippen molar-refractivity contribution in [2.75, 3.05) is 0 Å². The molecule has 0 aliphatic heterocycles. The Labute approximate surface area is 370 Å². The van der Waals surface area contributed by atoms with Crippen molar-refractivity contribution in [2.45, 2.75) is 0 Å². The predicted molar refractivity (Wildman–Crippen MR) is 271 cm³/mol. The second-order valence-corrected chi connectivity index (χ2v) is 17.2. The fourth-order valence-corrected chi connectivity index (χ4v) is 11.0. The molecular formula is C62H38N2. The molecular weight excluding hydrogens is 773 g/mol. The smallest absolute Gasteiger partial charge is 0.0619 e. The number of hydrogen-bond acceptors (Lipinski definition) is 0. The molecule has 0 saturated carbocycles. The first-order chi connectivity index (χ1) is 31.8. The van der Waals surface area contributed by atoms with Crippen molar-refractivity contribution in [3.05, 3.63) is 231 Å². The molecule has 14 rings (SSSR count). The number of benzene rings is 11. The first-order valence-corrected chi connectivity index (χ1v) is 22.2. The number of nitrogens with zero attached hydrogens (tertiary/aromatic N) is 2. The molecule has 2 heterocycles. The zero-order chi connectivity index (χ0) is 41.9. The number of fused-ring (bicyclic) bond motifs is 11. The minimum atomic E-state index is 1.15. The molecule has 296 valence electrons. The number of hydrogen-bond donors (Lipinski definition) is 0. The number of para-hydroxylation sites is 3. The minimum Gasteiger partial charge on any atom is -0.309 e. The van der Waals surface area contributed by atoms with E-state index >= 15 is 0 Å². The SMILES string of the molecule is c1ccc(-n2c3ccccc3c3ccc(-c4ccc5c6ccc7ccccc7c6n(-c6ccccc6-c6ccccc6-c6ccc7c(c6)-c6cccc8cccc-7c68)c5c4)cc32)cc1. The molecule has 0 bridgehead atoms. The van der Waals surface area contributed by atoms with Crippen LogP contribution in [-0.4, -0.2) is 9.13 Å². The molecule has 0 atom stereocenters. The van der Waals surface area contributed by atoms with E-state index in [1.165, 1.54) is 121 Å². The quantitative estimate of drug-likeness (QED) is 0.164. The normalized spacial score (nSPS) is 12.1. The zero-order valence-corrected chi connectivity index (χ0v) is 34.8. The summed E-state index contributed by atoms with van der Waals surface area (Å²) in [5, 5.41) is 10.1. The van der Waals surface area contributed by atoms with Crippen LogP contribution in [0.5, 0.6) is 0 Å². The van der Waals surface area contributed by atoms with Gasteiger partial charge in [0.2, 0.25) is 0 Å². The molecule has 1 aliphatic carbocycles. The van der Waals surface area contributed by atoms with E-state index in [9.17, 15) is 0 Å². The maximum absolute atomic E-state index is 2.54. The number of aromatic nitrogens is 2. The molecule has 0 radical (unpaired) electrons. The molecule has 0 unspecified atom stereocenters. The van der Waals surface area contributed by atoms with Crippen molar-refractivity contribution in [2.24, 2.45) is 0 Å². The highest BCUT2D eigenvalue weighted by molar-refractivity contribution is 6.20. The molecule has 64 heavy (non-hydrogen) atoms. The summed E-state index contributed by atoms with van der Waals surface area (Å²) in [6.07, 6.45) is 0. The van der Waals surface area contributed by atoms with Crippen LogP contribution in [-0.2, 0) is 0 Å². The summed E-state index contributed by atoms with van der Waals surface area (Å²) < 4.78 is 4.95. The van der Waals surface area contributed by atoms with Gasteiger partial charge in [-0.1, -0.05) is 188 Å². The summed E-state index contributed by atoms with van der Waals surface area (Å²) in [5.41, 5.74) is 19.6. The van der Waals surface area contributed by atoms with Gasteiger partial charge in [-0.3, -0.25) is 0 Å². The van der Waals surface area contributed by atoms with Gasteiger partial charge in [0, 0.05) is 38.2 Å². The second kappa shape index (κ2) is 13.5. The highest BCUT2D eigenvalue weighted by Gasteiger charge is 2.24. The zero-order valence-electron chi connectivity index (χ0n) is 34.8. The van der Waals surface area contributed by atoms with Crippen molar-refractivity contribution in [3.8, 4) is 67.0 Å². The molecule has 11 aromatic carbocycles. The molecule has 0 fully saturated rings. The molecule has 0 amide bonds. The van der Waals surface area contributed by atoms with Crippen molar-refractivity contribution < 1.29 is 0 Å². The molecule has 13 aromatic rings. The van der Waals surface area contributed by atoms with E-state index in [4.69, 9.17) is 0 Å². The maximum Gasteiger partial charge on any atom is 0.0619 e. The Morgan fingerprint density at radius 1 is 0.250 bits per heavy atom. The highest BCUT2D eigenvalue weighted by Crippen LogP contribution is 2.49. The van der Waals surface area contributed by atoms with Gasteiger partial charge in [-0.05, 0) is 109 Å². The Bertz CT molecular complexity index is 4060. The fraction of sp³-hybridized carbons (Fsp3) is 0. The van der Waals surface area contributed by atoms with Crippen LogP contribution in [0.25, 0.3) is 132 Å². The van der Waals surface area contributed by atoms with E-state index in [1.807, 2.05) is 0 Å². The number of rotatable bonds is 5. The van der Waals surface area contributed by atoms with Crippen LogP contribution in [0.1, 0.15) is 0 Å². The third kappa shape index (κ3) is 5.02. The van der Waals surface area contributed by atoms with Gasteiger partial charge in [-0.25, -0.2) is 0 Å². The Kier molecular flexibility index (Phi) is 7.43. The summed E-state index contributed by atoms with van der Waals surface area (Å²) in [6, 6.07) is 85.4. The largest absolute Gasteiger partial charge is 0.309 e. The van der Waals surface area contributed by atoms with E-state index in [2.05, 4.69) is 240 Å². The van der Waals surface area contributed by atoms with Gasteiger partial charge in [-0.2, -0.15) is 0 Å². The maximum atomic E-state index is 2.54. The van der Waals surface area contributed by atoms with Gasteiger partial charge in [0.15, 0.2) is 0 Å². The van der Waals surface area contributed by atoms with Crippen LogP contribution >= 0.6 is 0 Å². The monoisotopic (exact) mass is 810 g/mol. The Morgan fingerprint density at radius 3 is 1.61 bits per heavy atom. The summed E-state index contributed by atoms with van der Waals surface area (Å²) in [7, 11) is 0. The fourth-order valence-electron chi connectivity index (χ4n) is 11.0. The molecule has 0 N–H and O–H groups in total. The molecule has 0 spiro atoms. The van der Waals surface area contributed by atoms with Crippen LogP contribution < -0.4 is 0 Å². The van der Waals surface area contributed by atoms with Crippen molar-refractivity contribution in [3.63, 3.8) is 0 Å². The summed E-state index contributed by atoms with van der Waals surface area (Å²) in [4.78, 5) is 0. The van der Waals surface area contributed by atoms with E-state index in [1.54, 1.807) is 0 Å². The average Bonchev–Trinajstić information content (AvgIpc) is 4.00. The highest BCUT2D eigenvalue weighted by atomic mass is 15.0. The van der Waals surface area contributed by atoms with E-state index in [-0.39, 0.29) is 0 Å². The van der Waals surface area contributed by atoms with Crippen LogP contribution in [0.4, 0.5) is 0 Å². The van der Waals surface area contributed by atoms with Crippen molar-refractivity contribution in [1.29, 1.82) is 0 Å². The second-order valence-electron chi connectivity index (χ2n) is 17.2. The van der Waals surface area contributed by atoms with Gasteiger partial charge in [0.25, 0.3) is 0 Å². The first kappa shape index (κ1) is 35.2. The summed E-state index contributed by atoms with van der Waals surface area (Å²) in [5.74, 6) is 0. The van der Waals surface area contributed by atoms with Crippen LogP contribution in [0.2, 0.25) is 0 Å². The lowest BCUT2D eigenvalue weighted by Crippen LogP contribution is -1.99. The lowest BCUT2D eigenvalue weighted by atomic mass is 9.91. The van der Waals surface area contributed by atoms with Gasteiger partial charge in [0.1, 0.15) is 0 Å². The van der Waals surface area contributed by atoms with Gasteiger partial charge in [0.05, 0.1) is 27.8 Å². The van der Waals surface area contributed by atoms with Gasteiger partial charge < -0.3 is 9.13 Å². The summed E-state index contributed by atoms with van der Waals surface area (Å²) in [6.45, 7) is 0. The Hall–Kier alpha value is -8.46. The Balaban J connectivity index is 0.994. The lowest BCUT2D eigenvalue weighted by molar-refractivity contribution is 1.18. The molecule has 2 nitrogen and oxygen atoms in total. The Morgan fingerprint density at radius 2 is 0.797 bits per heavy atom. The third-order valence-corrected chi connectivity index (χ3v) is 13.9. The first-order valence-electron chi connectivity index (χ1n) is 22.2. The van der Waals surface area contributed by atoms with E-state index < -0.39 is 0 Å². The van der Waals surface area contributed by atoms with E-state index in [0.717, 1.165) is 11.4 Å². The van der Waals surface area contributed by atoms with Gasteiger partial charge >= 0.3 is 0 Å². The third-order valence-electron chi connectivity index (χ3n) is 13.9. The minimum absolute atomic E-state index is 1.15. The topological polar surface area (TPSA) is 9.86 Å². The van der Waals surface area contributed by atoms with Crippen LogP contribution in [0.15, 0.2) is 231 Å². The van der Waals surface area contributed by atoms with E-state index in [0.29, 0.717) is 0 Å². The van der Waals surface area contributed by atoms with Crippen LogP contribution in [0.3, 0.4) is 0 Å². The molecule has 0 saturated heterocycles. The predicted octanol–water partition coefficient (Wildman–Crippen LogP) is 16.8. The molecule has 1 aliphatic rings. The molecule has 2 aromatic heterocycles. The summed E-state index contributed by atoms with van der Waals surface area (Å²) >= 11 is 0. The van der Waals surface area contributed by atoms with Crippen LogP contribution in [0, 0.1) is 0 Å². The van der Waals surface area contributed by atoms with Crippen molar-refractivity contribution in [1.82, 2.24) is 9.13 Å². The standard InChI is InChI=1S/C62H38N2/c1-2-17-44(18-3-1)63-57-26-10-9-23-50(57)51-33-29-41(37-59(51)63)42-30-34-52-55-35-28-39-14-4-5-20-46(39)62(55)64(60(52)38-42)58-27-11-8-22-49(58)47-21-7-6-19-45(47)43-31-32-48-53-24-12-15-40-16-13-25-54(61(40)53)56(48)36-43/h1-38H.